The van der Waals surface area contributed by atoms with Crippen LogP contribution in [0.1, 0.15) is 26.7 Å². The first-order valence-corrected chi connectivity index (χ1v) is 49.4. The van der Waals surface area contributed by atoms with Crippen LogP contribution in [0.25, 0.3) is 0 Å². The number of phosphoric acid groups is 4. The number of nitrogens with two attached hydrogens (primary N) is 2. The highest BCUT2D eigenvalue weighted by atomic mass is 31.3. The number of aliphatic hydroxyl groups is 28. The van der Waals surface area contributed by atoms with Gasteiger partial charge in [-0.3, -0.25) is 32.2 Å². The van der Waals surface area contributed by atoms with Crippen molar-refractivity contribution in [3.63, 3.8) is 0 Å². The number of ether oxygens (including phenoxy) is 18. The molecule has 9 aliphatic rings. The number of hydrogen-bond donors (Lipinski definition) is 38. The van der Waals surface area contributed by atoms with E-state index in [-0.39, 0.29) is 0 Å². The molecular formula is C70H123N3O67P4. The minimum absolute atomic E-state index is 0.540. The number of nitrogens with one attached hydrogen (secondary N) is 1. The summed E-state index contributed by atoms with van der Waals surface area (Å²) in [6.07, 6.45) is -129. The zero-order chi connectivity index (χ0) is 108. The van der Waals surface area contributed by atoms with Gasteiger partial charge in [0, 0.05) is 39.8 Å². The van der Waals surface area contributed by atoms with Crippen molar-refractivity contribution >= 4 is 55.1 Å². The number of hydrogen-bond acceptors (Lipinski definition) is 62. The normalized spacial score (nSPS) is 43.6. The van der Waals surface area contributed by atoms with E-state index in [2.05, 4.69) is 18.7 Å². The molecule has 70 nitrogen and oxygen atoms in total. The van der Waals surface area contributed by atoms with Crippen LogP contribution >= 0.6 is 31.3 Å². The van der Waals surface area contributed by atoms with Gasteiger partial charge in [0.05, 0.1) is 84.8 Å². The minimum Gasteiger partial charge on any atom is -0.477 e. The lowest BCUT2D eigenvalue weighted by Crippen LogP contribution is -2.72. The fourth-order valence-electron chi connectivity index (χ4n) is 16.6. The number of carbonyl (C=O) groups is 4. The number of rotatable bonds is 49. The molecule has 40 N–H and O–H groups in total. The first kappa shape index (κ1) is 124. The predicted octanol–water partition coefficient (Wildman–Crippen LogP) is -22.3. The Balaban J connectivity index is 1.22. The van der Waals surface area contributed by atoms with Gasteiger partial charge in [-0.15, -0.1) is 0 Å². The molecule has 0 saturated carbocycles. The Bertz CT molecular complexity index is 4250. The van der Waals surface area contributed by atoms with E-state index >= 15 is 0 Å². The summed E-state index contributed by atoms with van der Waals surface area (Å²) in [4.78, 5) is 105. The smallest absolute Gasteiger partial charge is 0.477 e. The van der Waals surface area contributed by atoms with Crippen LogP contribution in [0, 0.1) is 0 Å². The fourth-order valence-corrected chi connectivity index (χ4v) is 20.2. The zero-order valence-corrected chi connectivity index (χ0v) is 78.5. The van der Waals surface area contributed by atoms with Crippen LogP contribution in [0.15, 0.2) is 0 Å². The average Bonchev–Trinajstić information content (AvgIpc) is 0.756. The summed E-state index contributed by atoms with van der Waals surface area (Å²) < 4.78 is 188. The lowest BCUT2D eigenvalue weighted by Gasteiger charge is -2.53. The van der Waals surface area contributed by atoms with Crippen molar-refractivity contribution in [1.82, 2.24) is 5.32 Å². The quantitative estimate of drug-likeness (QED) is 0.0199. The van der Waals surface area contributed by atoms with E-state index in [0.717, 1.165) is 6.92 Å². The highest BCUT2D eigenvalue weighted by Crippen LogP contribution is 2.62. The molecule has 52 atom stereocenters. The molecule has 144 heavy (non-hydrogen) atoms. The Hall–Kier alpha value is -3.52. The van der Waals surface area contributed by atoms with E-state index in [1.165, 1.54) is 0 Å². The molecule has 9 aliphatic heterocycles. The number of amides is 1. The molecule has 0 aromatic heterocycles. The van der Waals surface area contributed by atoms with Crippen molar-refractivity contribution in [3.05, 3.63) is 0 Å². The average molecular weight is 2200 g/mol. The summed E-state index contributed by atoms with van der Waals surface area (Å²) in [5, 5.41) is 343. The minimum atomic E-state index is -6.49. The number of aliphatic hydroxyl groups excluding tert-OH is 27. The molecule has 0 spiro atoms. The van der Waals surface area contributed by atoms with Gasteiger partial charge in [0.15, 0.2) is 50.1 Å². The summed E-state index contributed by atoms with van der Waals surface area (Å²) in [6.45, 7) is -15.5. The van der Waals surface area contributed by atoms with Crippen molar-refractivity contribution in [2.45, 2.75) is 326 Å². The van der Waals surface area contributed by atoms with Gasteiger partial charge in [0.25, 0.3) is 11.6 Å². The van der Waals surface area contributed by atoms with Crippen molar-refractivity contribution < 1.29 is 327 Å². The molecule has 9 saturated heterocycles. The molecule has 74 heteroatoms. The van der Waals surface area contributed by atoms with E-state index in [1.54, 1.807) is 0 Å². The Kier molecular flexibility index (Phi) is 45.3. The van der Waals surface area contributed by atoms with Crippen molar-refractivity contribution in [1.29, 1.82) is 0 Å². The third-order valence-corrected chi connectivity index (χ3v) is 27.9. The molecule has 0 aliphatic carbocycles. The Morgan fingerprint density at radius 2 is 0.847 bits per heavy atom. The summed E-state index contributed by atoms with van der Waals surface area (Å²) in [7, 11) is -24.0. The summed E-state index contributed by atoms with van der Waals surface area (Å²) >= 11 is 0. The first-order chi connectivity index (χ1) is 67.2. The van der Waals surface area contributed by atoms with Gasteiger partial charge in [0.1, 0.15) is 226 Å². The standard InChI is InChI=1S/C70H123N3O67P4/c1-18(82)73-31-20(84)7-70(68(105)106,136-52(31)32(89)21(85)9-74)137-53-35(92)27(14-79)122-63(44(53)101)127-49-28(15-80)123-62(41(98)38(49)95)130-54-42(99)46(22(86)10-75)125-65(58(54)120-19(2)83)134-59-55(131-61-40(97)37(94)34(91)30(124-61)17-119-141(108,109)110)43(100)50(29(16-81)139-142(111,112)117-5-3-71)128-66(59)132-56-45(102)64(126-47(23(87)11-76)57(56)133-60-39(96)36(93)33(90)26(13-78)121-60)129-51-25(138-144(115,116)140-143(113,114)118-6-4-72)8-69(107,67(103)104)135-48(51)24(88)12-77/h20-66,74-81,84-102,107H,3-17,71-72H2,1-2H3,(H,73,82)(H,103,104)(H,105,106)(H,111,112)(H,113,114)(H,115,116)(H2,108,109,110)/t20-,21+,22-,23-,24+,25+,26+,27+,28+,29-,30+,31+,32+,33+,34+,35-,36-,37-,38+,39+,40+,41+,42+,43+,44+,45-,46+,47+,48+,49+,50+,51+,52+,53-,54-,55-,56+,57+,58-,59-,60-,61+,62-,63-,64+,65+,66+,69+,70-/m0/s1. The van der Waals surface area contributed by atoms with Crippen LogP contribution in [0.3, 0.4) is 0 Å². The number of esters is 1. The van der Waals surface area contributed by atoms with Crippen LogP contribution in [-0.2, 0) is 150 Å². The Labute approximate surface area is 808 Å². The lowest BCUT2D eigenvalue weighted by molar-refractivity contribution is -0.425. The highest BCUT2D eigenvalue weighted by molar-refractivity contribution is 7.61. The van der Waals surface area contributed by atoms with Crippen molar-refractivity contribution in [2.75, 3.05) is 85.8 Å². The molecule has 0 aromatic rings. The van der Waals surface area contributed by atoms with Crippen LogP contribution in [0.5, 0.6) is 0 Å². The molecule has 9 heterocycles. The van der Waals surface area contributed by atoms with Gasteiger partial charge in [-0.05, 0) is 0 Å². The van der Waals surface area contributed by atoms with E-state index in [0.29, 0.717) is 6.92 Å². The monoisotopic (exact) mass is 2200 g/mol. The molecule has 9 rings (SSSR count). The number of carboxylic acids is 2. The Morgan fingerprint density at radius 1 is 0.410 bits per heavy atom. The van der Waals surface area contributed by atoms with Crippen LogP contribution in [0.4, 0.5) is 0 Å². The molecule has 1 amide bonds. The third kappa shape index (κ3) is 29.6. The third-order valence-electron chi connectivity index (χ3n) is 23.7. The number of carbonyl (C=O) groups excluding carboxylic acids is 2. The van der Waals surface area contributed by atoms with Gasteiger partial charge in [0.2, 0.25) is 5.91 Å². The summed E-state index contributed by atoms with van der Waals surface area (Å²) in [5.74, 6) is -14.6. The van der Waals surface area contributed by atoms with Crippen LogP contribution < -0.4 is 16.8 Å². The van der Waals surface area contributed by atoms with Gasteiger partial charge in [-0.2, -0.15) is 4.31 Å². The van der Waals surface area contributed by atoms with Crippen molar-refractivity contribution in [2.24, 2.45) is 11.5 Å². The molecule has 840 valence electrons. The second-order valence-corrected chi connectivity index (χ2v) is 39.5. The van der Waals surface area contributed by atoms with Gasteiger partial charge in [-0.25, -0.2) is 27.8 Å². The number of carboxylic acid groups (broad SMARTS) is 2. The maximum Gasteiger partial charge on any atom is 0.481 e. The van der Waals surface area contributed by atoms with Crippen molar-refractivity contribution in [3.8, 4) is 0 Å². The second kappa shape index (κ2) is 52.6. The van der Waals surface area contributed by atoms with Crippen LogP contribution in [-0.4, -0.2) is 587 Å². The van der Waals surface area contributed by atoms with Gasteiger partial charge < -0.3 is 280 Å². The Morgan fingerprint density at radius 3 is 1.37 bits per heavy atom. The summed E-state index contributed by atoms with van der Waals surface area (Å²) in [6, 6.07) is -1.83. The predicted molar refractivity (Wildman–Crippen MR) is 434 cm³/mol. The lowest BCUT2D eigenvalue weighted by atomic mass is 9.88. The summed E-state index contributed by atoms with van der Waals surface area (Å²) in [5.41, 5.74) is 10.8. The topological polar surface area (TPSA) is 1130 Å². The van der Waals surface area contributed by atoms with Crippen LogP contribution in [0.2, 0.25) is 0 Å². The zero-order valence-electron chi connectivity index (χ0n) is 74.9. The molecule has 9 fully saturated rings. The maximum absolute atomic E-state index is 13.9. The fraction of sp³-hybridized carbons (Fsp3) is 0.943. The van der Waals surface area contributed by atoms with Gasteiger partial charge >= 0.3 is 49.2 Å². The molecule has 0 aromatic carbocycles. The van der Waals surface area contributed by atoms with E-state index in [4.69, 9.17) is 110 Å². The number of aliphatic carboxylic acids is 2. The molecular weight excluding hydrogens is 2080 g/mol. The maximum atomic E-state index is 13.9. The van der Waals surface area contributed by atoms with Gasteiger partial charge in [-0.1, -0.05) is 0 Å². The highest BCUT2D eigenvalue weighted by Gasteiger charge is 2.67. The number of phosphoric ester groups is 4. The SMILES string of the molecule is CC(=O)N[C@H]1[C@H]([C@H](O)[C@H](O)CO)O[C@@](O[C@H]2[C@@H](O)[C@@H](CO)O[C@@H](O[C@H]3[C@H](O)[C@@H](O)[C@H](O[C@H]4[C@H](O)[C@@H]([C@@H](O)CO)O[C@H](O[C@@H]5[C@@H](O[C@@H]6[C@H](O)[C@@H](O[C@H]7[C@@H]([C@H](O)CO)O[C@@](O)(C(=O)O)C[C@H]7OP(=O)(O)OP(=O)(O)OCCN)O[C@H]([C@@H](O)CO)[C@H]6O[C@@H]6O[C@H](CO)[C@@H](O)[C@H](O)[C@H]6O)O[C@H]([C@H](CO)OP(=O)(O)OCCN)[C@@H](O)[C@@H]5O[C@H]5O[C@H](COP(=O)(O)O)[C@@H](O)[C@H](O)[C@H]5O)[C@H]4OC(C)=O)O[C@@H]3CO)[C@@H]2O)(C(=O)O)C[C@@H]1O. The largest absolute Gasteiger partial charge is 0.481 e. The molecule has 0 radical (unpaired) electrons. The van der Waals surface area contributed by atoms with E-state index in [9.17, 15) is 215 Å². The molecule has 0 bridgehead atoms. The van der Waals surface area contributed by atoms with E-state index < -0.39 is 453 Å². The van der Waals surface area contributed by atoms with E-state index in [1.807, 2.05) is 0 Å². The molecule has 3 unspecified atom stereocenters. The first-order valence-electron chi connectivity index (χ1n) is 43.3. The second-order valence-electron chi connectivity index (χ2n) is 33.9.